The Morgan fingerprint density at radius 2 is 2.09 bits per heavy atom. The van der Waals surface area contributed by atoms with Gasteiger partial charge in [-0.2, -0.15) is 17.5 Å². The Labute approximate surface area is 127 Å². The largest absolute Gasteiger partial charge is 0.451 e. The molecule has 120 valence electrons. The van der Waals surface area contributed by atoms with E-state index in [-0.39, 0.29) is 18.9 Å². The Morgan fingerprint density at radius 1 is 1.27 bits per heavy atom. The fraction of sp³-hybridized carbons (Fsp3) is 0.636. The number of rotatable bonds is 4. The van der Waals surface area contributed by atoms with Crippen molar-refractivity contribution >= 4 is 16.7 Å². The molecule has 11 heteroatoms. The molecule has 0 N–H and O–H groups in total. The molecule has 0 spiro atoms. The average Bonchev–Trinajstić information content (AvgIpc) is 3.10. The van der Waals surface area contributed by atoms with Crippen molar-refractivity contribution in [2.24, 2.45) is 0 Å². The number of nitrogens with zero attached hydrogens (tertiary/aromatic N) is 6. The molecule has 2 aromatic heterocycles. The summed E-state index contributed by atoms with van der Waals surface area (Å²) in [4.78, 5) is 6.23. The van der Waals surface area contributed by atoms with Crippen LogP contribution in [-0.2, 0) is 30.4 Å². The Morgan fingerprint density at radius 3 is 2.82 bits per heavy atom. The Hall–Kier alpha value is -1.75. The summed E-state index contributed by atoms with van der Waals surface area (Å²) in [5.41, 5.74) is 0. The highest BCUT2D eigenvalue weighted by molar-refractivity contribution is 7.09. The van der Waals surface area contributed by atoms with Gasteiger partial charge in [-0.15, -0.1) is 10.2 Å². The van der Waals surface area contributed by atoms with Gasteiger partial charge in [-0.25, -0.2) is 4.98 Å². The normalized spacial score (nSPS) is 15.2. The van der Waals surface area contributed by atoms with Gasteiger partial charge in [0.25, 0.3) is 0 Å². The first-order valence-electron chi connectivity index (χ1n) is 6.55. The van der Waals surface area contributed by atoms with Crippen molar-refractivity contribution in [3.05, 3.63) is 17.5 Å². The van der Waals surface area contributed by atoms with Gasteiger partial charge < -0.3 is 14.2 Å². The van der Waals surface area contributed by atoms with Crippen LogP contribution in [0.2, 0.25) is 0 Å². The SMILES string of the molecule is COCCc1nsc(N2CCn3c(nnc3C(F)(F)F)C2)n1. The summed E-state index contributed by atoms with van der Waals surface area (Å²) in [6, 6.07) is 0. The summed E-state index contributed by atoms with van der Waals surface area (Å²) in [6.45, 7) is 1.35. The van der Waals surface area contributed by atoms with Crippen LogP contribution >= 0.6 is 11.5 Å². The molecule has 22 heavy (non-hydrogen) atoms. The second kappa shape index (κ2) is 5.80. The van der Waals surface area contributed by atoms with Gasteiger partial charge in [0.15, 0.2) is 5.82 Å². The molecule has 0 saturated carbocycles. The molecule has 7 nitrogen and oxygen atoms in total. The first-order valence-corrected chi connectivity index (χ1v) is 7.32. The van der Waals surface area contributed by atoms with E-state index in [1.165, 1.54) is 11.5 Å². The van der Waals surface area contributed by atoms with E-state index >= 15 is 0 Å². The summed E-state index contributed by atoms with van der Waals surface area (Å²) in [7, 11) is 1.60. The number of aromatic nitrogens is 5. The van der Waals surface area contributed by atoms with Crippen LogP contribution in [0.4, 0.5) is 18.3 Å². The maximum Gasteiger partial charge on any atom is 0.451 e. The van der Waals surface area contributed by atoms with Crippen molar-refractivity contribution in [1.82, 2.24) is 24.1 Å². The lowest BCUT2D eigenvalue weighted by molar-refractivity contribution is -0.147. The van der Waals surface area contributed by atoms with E-state index in [0.717, 1.165) is 4.57 Å². The van der Waals surface area contributed by atoms with Crippen LogP contribution in [-0.4, -0.2) is 44.4 Å². The van der Waals surface area contributed by atoms with Gasteiger partial charge in [-0.1, -0.05) is 0 Å². The molecule has 3 heterocycles. The monoisotopic (exact) mass is 334 g/mol. The molecular weight excluding hydrogens is 321 g/mol. The van der Waals surface area contributed by atoms with E-state index in [2.05, 4.69) is 19.6 Å². The van der Waals surface area contributed by atoms with Gasteiger partial charge >= 0.3 is 6.18 Å². The molecule has 0 saturated heterocycles. The fourth-order valence-corrected chi connectivity index (χ4v) is 2.94. The lowest BCUT2D eigenvalue weighted by Gasteiger charge is -2.27. The molecular formula is C11H13F3N6OS. The van der Waals surface area contributed by atoms with Gasteiger partial charge in [-0.3, -0.25) is 0 Å². The smallest absolute Gasteiger partial charge is 0.384 e. The average molecular weight is 334 g/mol. The van der Waals surface area contributed by atoms with E-state index in [9.17, 15) is 13.2 Å². The number of halogens is 3. The van der Waals surface area contributed by atoms with Crippen molar-refractivity contribution in [2.45, 2.75) is 25.7 Å². The molecule has 0 aliphatic carbocycles. The van der Waals surface area contributed by atoms with Gasteiger partial charge in [0, 0.05) is 38.2 Å². The van der Waals surface area contributed by atoms with Crippen LogP contribution in [0.15, 0.2) is 0 Å². The summed E-state index contributed by atoms with van der Waals surface area (Å²) >= 11 is 1.22. The van der Waals surface area contributed by atoms with Gasteiger partial charge in [0.1, 0.15) is 5.82 Å². The third-order valence-electron chi connectivity index (χ3n) is 3.26. The van der Waals surface area contributed by atoms with Crippen molar-refractivity contribution < 1.29 is 17.9 Å². The summed E-state index contributed by atoms with van der Waals surface area (Å²) < 4.78 is 48.6. The molecule has 0 amide bonds. The Bertz CT molecular complexity index is 655. The van der Waals surface area contributed by atoms with Crippen LogP contribution in [0.5, 0.6) is 0 Å². The maximum atomic E-state index is 12.8. The van der Waals surface area contributed by atoms with E-state index in [1.54, 1.807) is 7.11 Å². The minimum Gasteiger partial charge on any atom is -0.384 e. The van der Waals surface area contributed by atoms with Crippen molar-refractivity contribution in [3.63, 3.8) is 0 Å². The number of hydrogen-bond acceptors (Lipinski definition) is 7. The molecule has 0 bridgehead atoms. The van der Waals surface area contributed by atoms with E-state index in [1.807, 2.05) is 4.90 Å². The summed E-state index contributed by atoms with van der Waals surface area (Å²) in [5, 5.41) is 7.57. The van der Waals surface area contributed by atoms with Crippen LogP contribution in [0.1, 0.15) is 17.5 Å². The highest BCUT2D eigenvalue weighted by Gasteiger charge is 2.39. The molecule has 0 fully saturated rings. The highest BCUT2D eigenvalue weighted by atomic mass is 32.1. The van der Waals surface area contributed by atoms with Gasteiger partial charge in [0.05, 0.1) is 13.2 Å². The number of fused-ring (bicyclic) bond motifs is 1. The van der Waals surface area contributed by atoms with Crippen LogP contribution in [0, 0.1) is 0 Å². The molecule has 0 radical (unpaired) electrons. The quantitative estimate of drug-likeness (QED) is 0.841. The number of hydrogen-bond donors (Lipinski definition) is 0. The zero-order valence-electron chi connectivity index (χ0n) is 11.7. The van der Waals surface area contributed by atoms with E-state index in [0.29, 0.717) is 30.5 Å². The topological polar surface area (TPSA) is 69.0 Å². The summed E-state index contributed by atoms with van der Waals surface area (Å²) in [6.07, 6.45) is -3.88. The van der Waals surface area contributed by atoms with E-state index < -0.39 is 12.0 Å². The lowest BCUT2D eigenvalue weighted by atomic mass is 10.3. The Kier molecular flexibility index (Phi) is 4.00. The zero-order chi connectivity index (χ0) is 15.7. The standard InChI is InChI=1S/C11H13F3N6OS/c1-21-5-2-7-15-10(22-18-7)19-3-4-20-8(6-19)16-17-9(20)11(12,13)14/h2-6H2,1H3. The minimum atomic E-state index is -4.48. The predicted octanol–water partition coefficient (Wildman–Crippen LogP) is 1.36. The van der Waals surface area contributed by atoms with Crippen LogP contribution < -0.4 is 4.90 Å². The van der Waals surface area contributed by atoms with Gasteiger partial charge in [-0.05, 0) is 0 Å². The molecule has 0 unspecified atom stereocenters. The van der Waals surface area contributed by atoms with E-state index in [4.69, 9.17) is 4.74 Å². The maximum absolute atomic E-state index is 12.8. The number of anilines is 1. The second-order valence-corrected chi connectivity index (χ2v) is 5.48. The molecule has 3 rings (SSSR count). The van der Waals surface area contributed by atoms with Gasteiger partial charge in [0.2, 0.25) is 11.0 Å². The third kappa shape index (κ3) is 2.90. The second-order valence-electron chi connectivity index (χ2n) is 4.75. The molecule has 1 aliphatic heterocycles. The Balaban J connectivity index is 1.75. The third-order valence-corrected chi connectivity index (χ3v) is 4.08. The van der Waals surface area contributed by atoms with Crippen molar-refractivity contribution in [2.75, 3.05) is 25.2 Å². The van der Waals surface area contributed by atoms with Crippen LogP contribution in [0.25, 0.3) is 0 Å². The first kappa shape index (κ1) is 15.2. The molecule has 0 aromatic carbocycles. The number of ether oxygens (including phenoxy) is 1. The molecule has 2 aromatic rings. The van der Waals surface area contributed by atoms with Crippen molar-refractivity contribution in [1.29, 1.82) is 0 Å². The minimum absolute atomic E-state index is 0.171. The van der Waals surface area contributed by atoms with Crippen molar-refractivity contribution in [3.8, 4) is 0 Å². The lowest BCUT2D eigenvalue weighted by Crippen LogP contribution is -2.35. The fourth-order valence-electron chi connectivity index (χ4n) is 2.20. The van der Waals surface area contributed by atoms with Crippen LogP contribution in [0.3, 0.4) is 0 Å². The molecule has 0 atom stereocenters. The number of alkyl halides is 3. The first-order chi connectivity index (χ1) is 10.5. The predicted molar refractivity (Wildman–Crippen MR) is 71.6 cm³/mol. The molecule has 1 aliphatic rings. The zero-order valence-corrected chi connectivity index (χ0v) is 12.5. The number of methoxy groups -OCH3 is 1. The highest BCUT2D eigenvalue weighted by Crippen LogP contribution is 2.30. The summed E-state index contributed by atoms with van der Waals surface area (Å²) in [5.74, 6) is 0.0114.